The zero-order valence-electron chi connectivity index (χ0n) is 12.3. The molecule has 7 heteroatoms. The number of rotatable bonds is 4. The third-order valence-electron chi connectivity index (χ3n) is 1.36. The Labute approximate surface area is 114 Å². The van der Waals surface area contributed by atoms with Crippen LogP contribution in [0.2, 0.25) is 0 Å². The molecule has 0 fully saturated rings. The molecule has 7 nitrogen and oxygen atoms in total. The van der Waals surface area contributed by atoms with Crippen LogP contribution in [0, 0.1) is 0 Å². The van der Waals surface area contributed by atoms with Crippen LogP contribution in [0.25, 0.3) is 0 Å². The largest absolute Gasteiger partial charge is 0.445 e. The first-order valence-electron chi connectivity index (χ1n) is 5.81. The summed E-state index contributed by atoms with van der Waals surface area (Å²) in [5, 5.41) is 4.92. The molecule has 0 aromatic carbocycles. The van der Waals surface area contributed by atoms with E-state index in [0.717, 1.165) is 0 Å². The molecular weight excluding hydrogens is 248 g/mol. The molecule has 0 aliphatic carbocycles. The Kier molecular flexibility index (Phi) is 12.6. The monoisotopic (exact) mass is 272 g/mol. The predicted octanol–water partition coefficient (Wildman–Crippen LogP) is 1.22. The fraction of sp³-hybridized carbons (Fsp3) is 0.583. The molecule has 0 aromatic heterocycles. The van der Waals surface area contributed by atoms with Crippen molar-refractivity contribution in [3.05, 3.63) is 12.7 Å². The van der Waals surface area contributed by atoms with Crippen LogP contribution >= 0.6 is 0 Å². The molecule has 0 radical (unpaired) electrons. The zero-order valence-corrected chi connectivity index (χ0v) is 12.3. The van der Waals surface area contributed by atoms with Gasteiger partial charge in [0.25, 0.3) is 0 Å². The Morgan fingerprint density at radius 2 is 2.00 bits per heavy atom. The van der Waals surface area contributed by atoms with Gasteiger partial charge in [-0.2, -0.15) is 4.99 Å². The fourth-order valence-electron chi connectivity index (χ4n) is 0.648. The van der Waals surface area contributed by atoms with Gasteiger partial charge in [-0.1, -0.05) is 6.08 Å². The molecule has 0 rings (SSSR count). The van der Waals surface area contributed by atoms with Crippen molar-refractivity contribution in [3.63, 3.8) is 0 Å². The van der Waals surface area contributed by atoms with Crippen LogP contribution in [0.5, 0.6) is 0 Å². The van der Waals surface area contributed by atoms with Crippen LogP contribution in [-0.2, 0) is 4.74 Å². The number of hydrogen-bond donors (Lipinski definition) is 2. The van der Waals surface area contributed by atoms with Crippen molar-refractivity contribution >= 4 is 18.5 Å². The highest BCUT2D eigenvalue weighted by molar-refractivity contribution is 5.78. The zero-order chi connectivity index (χ0) is 15.3. The number of carbonyl (C=O) groups excluding carboxylic acids is 2. The maximum Gasteiger partial charge on any atom is 0.435 e. The normalized spacial score (nSPS) is 9.37. The molecule has 0 unspecified atom stereocenters. The van der Waals surface area contributed by atoms with Gasteiger partial charge in [0.2, 0.25) is 0 Å². The van der Waals surface area contributed by atoms with Gasteiger partial charge >= 0.3 is 12.1 Å². The van der Waals surface area contributed by atoms with Crippen molar-refractivity contribution in [3.8, 4) is 0 Å². The maximum absolute atomic E-state index is 10.7. The first kappa shape index (κ1) is 19.3. The summed E-state index contributed by atoms with van der Waals surface area (Å²) >= 11 is 0. The molecule has 0 aromatic rings. The standard InChI is InChI=1S/C7H14N2O2.C5H10N2O/c1-6(2)11-7(10)8-5-9(3)4;1-3-4-7-5(8)6-2/h5-6H,1-4H3;3H,1,4H2,2H3,(H2,6,7,8). The van der Waals surface area contributed by atoms with Crippen LogP contribution in [-0.4, -0.2) is 57.2 Å². The van der Waals surface area contributed by atoms with Gasteiger partial charge in [-0.15, -0.1) is 6.58 Å². The average molecular weight is 272 g/mol. The first-order valence-corrected chi connectivity index (χ1v) is 5.81. The summed E-state index contributed by atoms with van der Waals surface area (Å²) < 4.78 is 4.74. The topological polar surface area (TPSA) is 83.0 Å². The van der Waals surface area contributed by atoms with E-state index in [9.17, 15) is 9.59 Å². The van der Waals surface area contributed by atoms with Gasteiger partial charge in [-0.25, -0.2) is 9.59 Å². The van der Waals surface area contributed by atoms with Crippen molar-refractivity contribution in [2.45, 2.75) is 20.0 Å². The van der Waals surface area contributed by atoms with E-state index < -0.39 is 6.09 Å². The van der Waals surface area contributed by atoms with E-state index in [4.69, 9.17) is 4.74 Å². The molecule has 0 atom stereocenters. The molecule has 3 amide bonds. The summed E-state index contributed by atoms with van der Waals surface area (Å²) in [7, 11) is 5.14. The van der Waals surface area contributed by atoms with Crippen LogP contribution in [0.1, 0.15) is 13.8 Å². The minimum atomic E-state index is -0.548. The molecular formula is C12H24N4O3. The molecule has 0 aliphatic heterocycles. The van der Waals surface area contributed by atoms with Crippen LogP contribution < -0.4 is 10.6 Å². The van der Waals surface area contributed by atoms with Crippen molar-refractivity contribution in [2.24, 2.45) is 4.99 Å². The average Bonchev–Trinajstić information content (AvgIpc) is 2.33. The Hall–Kier alpha value is -2.05. The lowest BCUT2D eigenvalue weighted by molar-refractivity contribution is 0.126. The summed E-state index contributed by atoms with van der Waals surface area (Å²) in [5.41, 5.74) is 0. The molecule has 0 bridgehead atoms. The van der Waals surface area contributed by atoms with Crippen LogP contribution in [0.3, 0.4) is 0 Å². The number of aliphatic imine (C=N–C) groups is 1. The van der Waals surface area contributed by atoms with Gasteiger partial charge in [0.05, 0.1) is 12.4 Å². The van der Waals surface area contributed by atoms with Gasteiger partial charge in [-0.3, -0.25) is 0 Å². The van der Waals surface area contributed by atoms with Crippen molar-refractivity contribution in [1.82, 2.24) is 15.5 Å². The number of hydrogen-bond acceptors (Lipinski definition) is 3. The van der Waals surface area contributed by atoms with Crippen molar-refractivity contribution < 1.29 is 14.3 Å². The minimum Gasteiger partial charge on any atom is -0.445 e. The van der Waals surface area contributed by atoms with E-state index in [1.54, 1.807) is 46.0 Å². The Bertz CT molecular complexity index is 301. The number of amides is 3. The second-order valence-electron chi connectivity index (χ2n) is 3.89. The predicted molar refractivity (Wildman–Crippen MR) is 76.5 cm³/mol. The number of ether oxygens (including phenoxy) is 1. The third-order valence-corrected chi connectivity index (χ3v) is 1.36. The Morgan fingerprint density at radius 1 is 1.42 bits per heavy atom. The lowest BCUT2D eigenvalue weighted by atomic mass is 10.5. The first-order chi connectivity index (χ1) is 8.83. The SMILES string of the molecule is C=CCNC(=O)NC.CC(C)OC(=O)N=CN(C)C. The van der Waals surface area contributed by atoms with Crippen molar-refractivity contribution in [1.29, 1.82) is 0 Å². The summed E-state index contributed by atoms with van der Waals surface area (Å²) in [4.78, 5) is 26.2. The van der Waals surface area contributed by atoms with E-state index in [2.05, 4.69) is 22.2 Å². The van der Waals surface area contributed by atoms with Gasteiger partial charge < -0.3 is 20.3 Å². The number of urea groups is 1. The smallest absolute Gasteiger partial charge is 0.435 e. The third kappa shape index (κ3) is 18.5. The van der Waals surface area contributed by atoms with E-state index in [-0.39, 0.29) is 12.1 Å². The molecule has 19 heavy (non-hydrogen) atoms. The van der Waals surface area contributed by atoms with E-state index >= 15 is 0 Å². The van der Waals surface area contributed by atoms with E-state index in [0.29, 0.717) is 6.54 Å². The maximum atomic E-state index is 10.7. The highest BCUT2D eigenvalue weighted by Gasteiger charge is 2.00. The summed E-state index contributed by atoms with van der Waals surface area (Å²) in [6.45, 7) is 7.50. The summed E-state index contributed by atoms with van der Waals surface area (Å²) in [6.07, 6.45) is 2.37. The van der Waals surface area contributed by atoms with Gasteiger partial charge in [0, 0.05) is 27.7 Å². The van der Waals surface area contributed by atoms with Crippen LogP contribution in [0.4, 0.5) is 9.59 Å². The van der Waals surface area contributed by atoms with Gasteiger partial charge in [-0.05, 0) is 13.8 Å². The highest BCUT2D eigenvalue weighted by atomic mass is 16.6. The highest BCUT2D eigenvalue weighted by Crippen LogP contribution is 1.90. The van der Waals surface area contributed by atoms with E-state index in [1.807, 2.05) is 0 Å². The van der Waals surface area contributed by atoms with Gasteiger partial charge in [0.1, 0.15) is 0 Å². The van der Waals surface area contributed by atoms with Gasteiger partial charge in [0.15, 0.2) is 0 Å². The second kappa shape index (κ2) is 12.4. The number of nitrogens with zero attached hydrogens (tertiary/aromatic N) is 2. The number of carbonyl (C=O) groups is 2. The van der Waals surface area contributed by atoms with Crippen LogP contribution in [0.15, 0.2) is 17.6 Å². The Balaban J connectivity index is 0. The molecule has 0 saturated heterocycles. The minimum absolute atomic E-state index is 0.109. The van der Waals surface area contributed by atoms with E-state index in [1.165, 1.54) is 6.34 Å². The summed E-state index contributed by atoms with van der Waals surface area (Å²) in [5.74, 6) is 0. The molecule has 0 spiro atoms. The molecule has 0 saturated carbocycles. The Morgan fingerprint density at radius 3 is 2.37 bits per heavy atom. The molecule has 110 valence electrons. The lowest BCUT2D eigenvalue weighted by Gasteiger charge is -2.04. The number of nitrogens with one attached hydrogen (secondary N) is 2. The molecule has 2 N–H and O–H groups in total. The molecule has 0 heterocycles. The summed E-state index contributed by atoms with van der Waals surface area (Å²) in [6, 6.07) is -0.176. The molecule has 0 aliphatic rings. The fourth-order valence-corrected chi connectivity index (χ4v) is 0.648. The second-order valence-corrected chi connectivity index (χ2v) is 3.89. The van der Waals surface area contributed by atoms with Crippen molar-refractivity contribution in [2.75, 3.05) is 27.7 Å². The quantitative estimate of drug-likeness (QED) is 0.458. The lowest BCUT2D eigenvalue weighted by Crippen LogP contribution is -2.32.